The average Bonchev–Trinajstić information content (AvgIpc) is 2.32. The van der Waals surface area contributed by atoms with Crippen molar-refractivity contribution in [3.8, 4) is 5.75 Å². The monoisotopic (exact) mass is 274 g/mol. The molecule has 0 amide bonds. The average molecular weight is 275 g/mol. The summed E-state index contributed by atoms with van der Waals surface area (Å²) in [5.74, 6) is 0.126. The molecule has 0 radical (unpaired) electrons. The lowest BCUT2D eigenvalue weighted by Gasteiger charge is -2.17. The number of aliphatic hydroxyl groups is 1. The summed E-state index contributed by atoms with van der Waals surface area (Å²) in [7, 11) is 0. The van der Waals surface area contributed by atoms with Crippen molar-refractivity contribution < 1.29 is 10.2 Å². The molecule has 18 heavy (non-hydrogen) atoms. The van der Waals surface area contributed by atoms with Crippen molar-refractivity contribution in [1.82, 2.24) is 4.98 Å². The lowest BCUT2D eigenvalue weighted by atomic mass is 9.96. The maximum absolute atomic E-state index is 9.98. The largest absolute Gasteiger partial charge is 0.506 e. The Bertz CT molecular complexity index is 372. The Balaban J connectivity index is 0.00000289. The highest BCUT2D eigenvalue weighted by Crippen LogP contribution is 2.31. The molecule has 0 unspecified atom stereocenters. The Hall–Kier alpha value is -0.840. The van der Waals surface area contributed by atoms with E-state index in [1.807, 2.05) is 0 Å². The number of aromatic hydroxyl groups is 1. The minimum Gasteiger partial charge on any atom is -0.506 e. The molecule has 0 aliphatic carbocycles. The molecule has 1 aromatic heterocycles. The number of nitrogens with zero attached hydrogens (tertiary/aromatic N) is 1. The molecule has 0 spiro atoms. The molecule has 104 valence electrons. The first-order chi connectivity index (χ1) is 8.11. The molecule has 1 aromatic rings. The lowest BCUT2D eigenvalue weighted by molar-refractivity contribution is 0.277. The first-order valence-corrected chi connectivity index (χ1v) is 6.15. The van der Waals surface area contributed by atoms with Gasteiger partial charge in [-0.2, -0.15) is 0 Å². The first-order valence-electron chi connectivity index (χ1n) is 6.15. The number of nitrogens with two attached hydrogens (primary N) is 1. The van der Waals surface area contributed by atoms with Crippen LogP contribution in [-0.2, 0) is 6.61 Å². The molecule has 0 aliphatic rings. The van der Waals surface area contributed by atoms with Gasteiger partial charge in [0.05, 0.1) is 12.3 Å². The smallest absolute Gasteiger partial charge is 0.141 e. The van der Waals surface area contributed by atoms with Gasteiger partial charge >= 0.3 is 0 Å². The summed E-state index contributed by atoms with van der Waals surface area (Å²) in [5.41, 5.74) is 7.91. The Morgan fingerprint density at radius 2 is 2.06 bits per heavy atom. The van der Waals surface area contributed by atoms with Gasteiger partial charge in [0, 0.05) is 23.4 Å². The number of hydrogen-bond donors (Lipinski definition) is 3. The standard InChI is InChI=1S/C13H22N2O2.ClH/c1-3-4-5-6-11(14)12-10(8-16)7-15-9(2)13(12)17;/h7,11,16-17H,3-6,8,14H2,1-2H3;1H/t11-;/m0./s1. The molecule has 0 saturated carbocycles. The summed E-state index contributed by atoms with van der Waals surface area (Å²) in [6, 6.07) is -0.231. The van der Waals surface area contributed by atoms with Crippen molar-refractivity contribution in [2.24, 2.45) is 5.73 Å². The van der Waals surface area contributed by atoms with Crippen molar-refractivity contribution in [3.63, 3.8) is 0 Å². The molecular weight excluding hydrogens is 252 g/mol. The summed E-state index contributed by atoms with van der Waals surface area (Å²) in [6.45, 7) is 3.73. The van der Waals surface area contributed by atoms with Crippen LogP contribution in [0.5, 0.6) is 5.75 Å². The highest BCUT2D eigenvalue weighted by Gasteiger charge is 2.17. The number of aromatic nitrogens is 1. The zero-order chi connectivity index (χ0) is 12.8. The number of rotatable bonds is 6. The third-order valence-electron chi connectivity index (χ3n) is 3.02. The maximum atomic E-state index is 9.98. The minimum absolute atomic E-state index is 0. The van der Waals surface area contributed by atoms with Gasteiger partial charge in [0.25, 0.3) is 0 Å². The van der Waals surface area contributed by atoms with E-state index in [2.05, 4.69) is 11.9 Å². The van der Waals surface area contributed by atoms with Gasteiger partial charge in [-0.25, -0.2) is 0 Å². The predicted octanol–water partition coefficient (Wildman–Crippen LogP) is 2.59. The number of halogens is 1. The van der Waals surface area contributed by atoms with E-state index in [-0.39, 0.29) is 30.8 Å². The maximum Gasteiger partial charge on any atom is 0.141 e. The Morgan fingerprint density at radius 3 is 2.61 bits per heavy atom. The van der Waals surface area contributed by atoms with E-state index in [0.717, 1.165) is 25.7 Å². The van der Waals surface area contributed by atoms with Crippen LogP contribution in [0, 0.1) is 6.92 Å². The molecule has 4 N–H and O–H groups in total. The van der Waals surface area contributed by atoms with E-state index >= 15 is 0 Å². The molecule has 5 heteroatoms. The zero-order valence-corrected chi connectivity index (χ0v) is 11.8. The molecule has 0 fully saturated rings. The number of aryl methyl sites for hydroxylation is 1. The second-order valence-corrected chi connectivity index (χ2v) is 4.39. The normalized spacial score (nSPS) is 12.0. The molecular formula is C13H23ClN2O2. The fraction of sp³-hybridized carbons (Fsp3) is 0.615. The highest BCUT2D eigenvalue weighted by atomic mass is 35.5. The van der Waals surface area contributed by atoms with Crippen LogP contribution in [0.4, 0.5) is 0 Å². The van der Waals surface area contributed by atoms with Crippen molar-refractivity contribution in [2.75, 3.05) is 0 Å². The third kappa shape index (κ3) is 4.12. The van der Waals surface area contributed by atoms with E-state index in [9.17, 15) is 10.2 Å². The van der Waals surface area contributed by atoms with Crippen molar-refractivity contribution in [2.45, 2.75) is 52.2 Å². The summed E-state index contributed by atoms with van der Waals surface area (Å²) in [4.78, 5) is 4.02. The zero-order valence-electron chi connectivity index (χ0n) is 11.0. The van der Waals surface area contributed by atoms with Crippen LogP contribution >= 0.6 is 12.4 Å². The van der Waals surface area contributed by atoms with Crippen LogP contribution in [-0.4, -0.2) is 15.2 Å². The topological polar surface area (TPSA) is 79.4 Å². The second-order valence-electron chi connectivity index (χ2n) is 4.39. The van der Waals surface area contributed by atoms with Crippen LogP contribution in [0.3, 0.4) is 0 Å². The van der Waals surface area contributed by atoms with Crippen molar-refractivity contribution in [1.29, 1.82) is 0 Å². The number of hydrogen-bond acceptors (Lipinski definition) is 4. The predicted molar refractivity (Wildman–Crippen MR) is 74.9 cm³/mol. The summed E-state index contributed by atoms with van der Waals surface area (Å²) in [5, 5.41) is 19.2. The Kier molecular flexibility index (Phi) is 7.91. The van der Waals surface area contributed by atoms with Crippen LogP contribution in [0.2, 0.25) is 0 Å². The third-order valence-corrected chi connectivity index (χ3v) is 3.02. The molecule has 1 heterocycles. The SMILES string of the molecule is CCCCC[C@H](N)c1c(CO)cnc(C)c1O.Cl. The van der Waals surface area contributed by atoms with Crippen molar-refractivity contribution in [3.05, 3.63) is 23.0 Å². The summed E-state index contributed by atoms with van der Waals surface area (Å²) >= 11 is 0. The summed E-state index contributed by atoms with van der Waals surface area (Å²) in [6.07, 6.45) is 5.71. The number of unbranched alkanes of at least 4 members (excludes halogenated alkanes) is 2. The van der Waals surface area contributed by atoms with Crippen molar-refractivity contribution >= 4 is 12.4 Å². The van der Waals surface area contributed by atoms with Gasteiger partial charge in [-0.05, 0) is 13.3 Å². The highest BCUT2D eigenvalue weighted by molar-refractivity contribution is 5.85. The minimum atomic E-state index is -0.231. The molecule has 0 saturated heterocycles. The van der Waals surface area contributed by atoms with Gasteiger partial charge in [0.2, 0.25) is 0 Å². The van der Waals surface area contributed by atoms with Gasteiger partial charge in [0.15, 0.2) is 0 Å². The molecule has 0 aliphatic heterocycles. The molecule has 0 aromatic carbocycles. The Morgan fingerprint density at radius 1 is 1.39 bits per heavy atom. The van der Waals surface area contributed by atoms with Gasteiger partial charge < -0.3 is 15.9 Å². The molecule has 4 nitrogen and oxygen atoms in total. The quantitative estimate of drug-likeness (QED) is 0.697. The summed E-state index contributed by atoms with van der Waals surface area (Å²) < 4.78 is 0. The van der Waals surface area contributed by atoms with E-state index in [4.69, 9.17) is 5.73 Å². The molecule has 1 atom stereocenters. The van der Waals surface area contributed by atoms with Gasteiger partial charge in [0.1, 0.15) is 5.75 Å². The number of pyridine rings is 1. The fourth-order valence-corrected chi connectivity index (χ4v) is 1.95. The van der Waals surface area contributed by atoms with Gasteiger partial charge in [-0.3, -0.25) is 4.98 Å². The second kappa shape index (κ2) is 8.29. The first kappa shape index (κ1) is 17.2. The lowest BCUT2D eigenvalue weighted by Crippen LogP contribution is -2.14. The number of aliphatic hydroxyl groups excluding tert-OH is 1. The van der Waals surface area contributed by atoms with E-state index in [0.29, 0.717) is 16.8 Å². The van der Waals surface area contributed by atoms with Crippen LogP contribution < -0.4 is 5.73 Å². The van der Waals surface area contributed by atoms with Crippen LogP contribution in [0.1, 0.15) is 55.5 Å². The van der Waals surface area contributed by atoms with E-state index in [1.54, 1.807) is 13.1 Å². The van der Waals surface area contributed by atoms with Gasteiger partial charge in [-0.1, -0.05) is 26.2 Å². The van der Waals surface area contributed by atoms with E-state index in [1.165, 1.54) is 0 Å². The van der Waals surface area contributed by atoms with E-state index < -0.39 is 0 Å². The van der Waals surface area contributed by atoms with Gasteiger partial charge in [-0.15, -0.1) is 12.4 Å². The van der Waals surface area contributed by atoms with Crippen LogP contribution in [0.25, 0.3) is 0 Å². The molecule has 1 rings (SSSR count). The van der Waals surface area contributed by atoms with Crippen LogP contribution in [0.15, 0.2) is 6.20 Å². The Labute approximate surface area is 115 Å². The fourth-order valence-electron chi connectivity index (χ4n) is 1.95. The molecule has 0 bridgehead atoms.